The first-order valence-corrected chi connectivity index (χ1v) is 11.0. The Hall–Kier alpha value is -2.39. The van der Waals surface area contributed by atoms with Crippen molar-refractivity contribution in [1.82, 2.24) is 15.4 Å². The molecule has 1 fully saturated rings. The highest BCUT2D eigenvalue weighted by Crippen LogP contribution is 2.33. The third-order valence-electron chi connectivity index (χ3n) is 6.01. The van der Waals surface area contributed by atoms with Crippen molar-refractivity contribution in [3.05, 3.63) is 41.1 Å². The molecule has 0 saturated heterocycles. The normalized spacial score (nSPS) is 19.5. The lowest BCUT2D eigenvalue weighted by atomic mass is 9.93. The molecule has 1 amide bonds. The summed E-state index contributed by atoms with van der Waals surface area (Å²) in [5.41, 5.74) is 0.371. The molecule has 32 heavy (non-hydrogen) atoms. The summed E-state index contributed by atoms with van der Waals surface area (Å²) in [5.74, 6) is -0.0786. The Morgan fingerprint density at radius 1 is 1.22 bits per heavy atom. The van der Waals surface area contributed by atoms with Crippen molar-refractivity contribution in [2.45, 2.75) is 77.4 Å². The van der Waals surface area contributed by atoms with Gasteiger partial charge in [0.25, 0.3) is 5.91 Å². The van der Waals surface area contributed by atoms with Crippen LogP contribution >= 0.6 is 0 Å². The van der Waals surface area contributed by atoms with Crippen molar-refractivity contribution in [3.63, 3.8) is 0 Å². The van der Waals surface area contributed by atoms with E-state index in [4.69, 9.17) is 4.52 Å². The first kappa shape index (κ1) is 24.3. The molecule has 3 rings (SSSR count). The molecule has 0 unspecified atom stereocenters. The van der Waals surface area contributed by atoms with Crippen LogP contribution in [0.5, 0.6) is 0 Å². The van der Waals surface area contributed by atoms with Crippen molar-refractivity contribution >= 4 is 5.91 Å². The summed E-state index contributed by atoms with van der Waals surface area (Å²) >= 11 is 0. The molecule has 1 heterocycles. The molecule has 1 aromatic heterocycles. The largest absolute Gasteiger partial charge is 0.416 e. The van der Waals surface area contributed by atoms with Crippen LogP contribution in [0.3, 0.4) is 0 Å². The van der Waals surface area contributed by atoms with Crippen LogP contribution in [0, 0.1) is 0 Å². The lowest BCUT2D eigenvalue weighted by Gasteiger charge is -2.26. The number of rotatable bonds is 7. The number of carbonyl (C=O) groups is 1. The number of hydrogen-bond donors (Lipinski definition) is 2. The first-order chi connectivity index (χ1) is 15.1. The summed E-state index contributed by atoms with van der Waals surface area (Å²) < 4.78 is 44.4. The molecule has 0 bridgehead atoms. The fourth-order valence-corrected chi connectivity index (χ4v) is 4.01. The van der Waals surface area contributed by atoms with Crippen molar-refractivity contribution in [2.24, 2.45) is 0 Å². The van der Waals surface area contributed by atoms with Crippen LogP contribution in [0.4, 0.5) is 13.2 Å². The van der Waals surface area contributed by atoms with Crippen molar-refractivity contribution in [1.29, 1.82) is 0 Å². The third kappa shape index (κ3) is 5.69. The Bertz CT molecular complexity index is 901. The molecule has 2 N–H and O–H groups in total. The number of alkyl halides is 3. The van der Waals surface area contributed by atoms with Gasteiger partial charge < -0.3 is 14.9 Å². The minimum Gasteiger partial charge on any atom is -0.393 e. The summed E-state index contributed by atoms with van der Waals surface area (Å²) in [6.07, 6.45) is -2.15. The first-order valence-electron chi connectivity index (χ1n) is 11.0. The molecule has 1 aliphatic rings. The maximum Gasteiger partial charge on any atom is 0.416 e. The van der Waals surface area contributed by atoms with E-state index in [0.29, 0.717) is 49.1 Å². The quantitative estimate of drug-likeness (QED) is 0.640. The highest BCUT2D eigenvalue weighted by Gasteiger charge is 2.31. The van der Waals surface area contributed by atoms with Gasteiger partial charge in [0.15, 0.2) is 11.5 Å². The molecule has 0 spiro atoms. The van der Waals surface area contributed by atoms with Gasteiger partial charge in [-0.2, -0.15) is 13.2 Å². The molecule has 0 atom stereocenters. The Balaban J connectivity index is 1.91. The van der Waals surface area contributed by atoms with Gasteiger partial charge in [-0.05, 0) is 58.2 Å². The fourth-order valence-electron chi connectivity index (χ4n) is 4.01. The number of amides is 1. The predicted molar refractivity (Wildman–Crippen MR) is 114 cm³/mol. The molecule has 0 aliphatic heterocycles. The topological polar surface area (TPSA) is 78.6 Å². The van der Waals surface area contributed by atoms with Crippen LogP contribution in [-0.4, -0.2) is 45.8 Å². The van der Waals surface area contributed by atoms with Gasteiger partial charge in [0.2, 0.25) is 0 Å². The zero-order valence-electron chi connectivity index (χ0n) is 18.6. The van der Waals surface area contributed by atoms with Gasteiger partial charge >= 0.3 is 6.18 Å². The maximum absolute atomic E-state index is 13.0. The lowest BCUT2D eigenvalue weighted by Crippen LogP contribution is -2.39. The van der Waals surface area contributed by atoms with E-state index >= 15 is 0 Å². The van der Waals surface area contributed by atoms with Crippen LogP contribution in [-0.2, 0) is 12.7 Å². The number of nitrogens with zero attached hydrogens (tertiary/aromatic N) is 2. The van der Waals surface area contributed by atoms with E-state index in [0.717, 1.165) is 18.7 Å². The van der Waals surface area contributed by atoms with Crippen LogP contribution in [0.1, 0.15) is 68.1 Å². The Morgan fingerprint density at radius 3 is 2.38 bits per heavy atom. The van der Waals surface area contributed by atoms with Gasteiger partial charge in [-0.15, -0.1) is 0 Å². The van der Waals surface area contributed by atoms with Gasteiger partial charge in [-0.3, -0.25) is 9.69 Å². The maximum atomic E-state index is 13.0. The highest BCUT2D eigenvalue weighted by atomic mass is 19.4. The van der Waals surface area contributed by atoms with E-state index in [1.165, 1.54) is 12.1 Å². The zero-order valence-corrected chi connectivity index (χ0v) is 18.6. The number of aromatic nitrogens is 1. The molecular weight excluding hydrogens is 423 g/mol. The number of aliphatic hydroxyl groups is 1. The predicted octanol–water partition coefficient (Wildman–Crippen LogP) is 4.62. The molecule has 6 nitrogen and oxygen atoms in total. The molecule has 1 aromatic carbocycles. The highest BCUT2D eigenvalue weighted by molar-refractivity contribution is 5.95. The van der Waals surface area contributed by atoms with Gasteiger partial charge in [0.05, 0.1) is 11.7 Å². The van der Waals surface area contributed by atoms with Gasteiger partial charge in [0, 0.05) is 29.8 Å². The van der Waals surface area contributed by atoms with Gasteiger partial charge in [-0.1, -0.05) is 24.2 Å². The summed E-state index contributed by atoms with van der Waals surface area (Å²) in [4.78, 5) is 15.1. The second-order valence-corrected chi connectivity index (χ2v) is 8.55. The Morgan fingerprint density at radius 2 is 1.84 bits per heavy atom. The minimum atomic E-state index is -4.43. The fraction of sp³-hybridized carbons (Fsp3) is 0.565. The van der Waals surface area contributed by atoms with Crippen molar-refractivity contribution in [3.8, 4) is 11.3 Å². The van der Waals surface area contributed by atoms with Gasteiger partial charge in [-0.25, -0.2) is 0 Å². The van der Waals surface area contributed by atoms with E-state index in [9.17, 15) is 23.1 Å². The minimum absolute atomic E-state index is 0.0580. The summed E-state index contributed by atoms with van der Waals surface area (Å²) in [7, 11) is 0. The van der Waals surface area contributed by atoms with Crippen LogP contribution in [0.2, 0.25) is 0 Å². The summed E-state index contributed by atoms with van der Waals surface area (Å²) in [6, 6.07) is 4.79. The van der Waals surface area contributed by atoms with Crippen LogP contribution in [0.25, 0.3) is 11.3 Å². The van der Waals surface area contributed by atoms with Crippen LogP contribution in [0.15, 0.2) is 28.8 Å². The second-order valence-electron chi connectivity index (χ2n) is 8.55. The molecule has 1 aliphatic carbocycles. The average molecular weight is 454 g/mol. The Labute approximate surface area is 185 Å². The third-order valence-corrected chi connectivity index (χ3v) is 6.01. The average Bonchev–Trinajstić information content (AvgIpc) is 3.16. The standard InChI is InChI=1S/C23H30F3N3O3/c1-4-29(14(2)3)13-19-20(22(31)27-17-9-11-18(30)12-10-17)28-32-21(19)15-5-7-16(8-6-15)23(24,25)26/h5-8,14,17-18,30H,4,9-13H2,1-3H3,(H,27,31). The number of nitrogens with one attached hydrogen (secondary N) is 1. The number of hydrogen-bond acceptors (Lipinski definition) is 5. The van der Waals surface area contributed by atoms with Crippen LogP contribution < -0.4 is 5.32 Å². The van der Waals surface area contributed by atoms with E-state index in [2.05, 4.69) is 15.4 Å². The molecule has 1 saturated carbocycles. The van der Waals surface area contributed by atoms with E-state index < -0.39 is 11.7 Å². The molecule has 2 aromatic rings. The smallest absolute Gasteiger partial charge is 0.393 e. The number of halogens is 3. The van der Waals surface area contributed by atoms with E-state index in [1.54, 1.807) is 0 Å². The zero-order chi connectivity index (χ0) is 23.5. The van der Waals surface area contributed by atoms with E-state index in [-0.39, 0.29) is 29.8 Å². The SMILES string of the molecule is CCN(Cc1c(C(=O)NC2CCC(O)CC2)noc1-c1ccc(C(F)(F)F)cc1)C(C)C. The number of aliphatic hydroxyl groups excluding tert-OH is 1. The monoisotopic (exact) mass is 453 g/mol. The van der Waals surface area contributed by atoms with Crippen molar-refractivity contribution in [2.75, 3.05) is 6.54 Å². The van der Waals surface area contributed by atoms with E-state index in [1.807, 2.05) is 20.8 Å². The second kappa shape index (κ2) is 10.0. The lowest BCUT2D eigenvalue weighted by molar-refractivity contribution is -0.137. The van der Waals surface area contributed by atoms with Crippen molar-refractivity contribution < 1.29 is 27.6 Å². The van der Waals surface area contributed by atoms with Gasteiger partial charge in [0.1, 0.15) is 0 Å². The number of carbonyl (C=O) groups excluding carboxylic acids is 1. The molecular formula is C23H30F3N3O3. The molecule has 0 radical (unpaired) electrons. The Kier molecular flexibility index (Phi) is 7.61. The summed E-state index contributed by atoms with van der Waals surface area (Å²) in [6.45, 7) is 7.15. The molecule has 9 heteroatoms. The molecule has 176 valence electrons. The number of benzene rings is 1. The summed E-state index contributed by atoms with van der Waals surface area (Å²) in [5, 5.41) is 16.7.